The maximum Gasteiger partial charge on any atom is 0.136 e. The first-order valence-corrected chi connectivity index (χ1v) is 14.6. The minimum atomic E-state index is -0.156. The molecule has 0 heterocycles. The molecule has 1 aliphatic rings. The molecule has 1 unspecified atom stereocenters. The van der Waals surface area contributed by atoms with Crippen LogP contribution in [0, 0.1) is 11.3 Å². The summed E-state index contributed by atoms with van der Waals surface area (Å²) < 4.78 is 28.3. The number of ether oxygens (including phenoxy) is 5. The Labute approximate surface area is 240 Å². The first kappa shape index (κ1) is 31.4. The first-order chi connectivity index (χ1) is 19.6. The van der Waals surface area contributed by atoms with Gasteiger partial charge < -0.3 is 29.1 Å². The van der Waals surface area contributed by atoms with Crippen molar-refractivity contribution in [3.8, 4) is 11.5 Å². The fourth-order valence-corrected chi connectivity index (χ4v) is 5.21. The van der Waals surface area contributed by atoms with E-state index in [1.54, 1.807) is 7.11 Å². The molecule has 40 heavy (non-hydrogen) atoms. The van der Waals surface area contributed by atoms with Gasteiger partial charge in [-0.15, -0.1) is 0 Å². The monoisotopic (exact) mass is 549 g/mol. The summed E-state index contributed by atoms with van der Waals surface area (Å²) in [5.74, 6) is 3.37. The molecule has 6 nitrogen and oxygen atoms in total. The van der Waals surface area contributed by atoms with E-state index in [1.807, 2.05) is 30.3 Å². The molecule has 0 aromatic heterocycles. The molecule has 1 saturated carbocycles. The van der Waals surface area contributed by atoms with E-state index in [9.17, 15) is 0 Å². The number of rotatable bonds is 19. The second-order valence-electron chi connectivity index (χ2n) is 10.5. The molecule has 1 fully saturated rings. The number of unbranched alkanes of at least 4 members (excludes halogenated alkanes) is 1. The summed E-state index contributed by atoms with van der Waals surface area (Å²) in [5, 5.41) is 7.96. The van der Waals surface area contributed by atoms with Crippen molar-refractivity contribution in [1.29, 1.82) is 5.41 Å². The molecule has 0 bridgehead atoms. The third-order valence-corrected chi connectivity index (χ3v) is 7.61. The molecule has 218 valence electrons. The van der Waals surface area contributed by atoms with Crippen LogP contribution in [0.15, 0.2) is 61.9 Å². The molecule has 2 aromatic carbocycles. The predicted molar refractivity (Wildman–Crippen MR) is 163 cm³/mol. The van der Waals surface area contributed by atoms with E-state index in [1.165, 1.54) is 56.6 Å². The predicted octanol–water partition coefficient (Wildman–Crippen LogP) is 8.16. The largest absolute Gasteiger partial charge is 0.502 e. The van der Waals surface area contributed by atoms with Crippen molar-refractivity contribution < 1.29 is 23.7 Å². The van der Waals surface area contributed by atoms with Gasteiger partial charge in [0.1, 0.15) is 30.0 Å². The maximum absolute atomic E-state index is 7.96. The lowest BCUT2D eigenvalue weighted by Crippen LogP contribution is -2.26. The van der Waals surface area contributed by atoms with Crippen molar-refractivity contribution in [2.24, 2.45) is 5.92 Å². The van der Waals surface area contributed by atoms with Crippen molar-refractivity contribution >= 4 is 12.0 Å². The van der Waals surface area contributed by atoms with Gasteiger partial charge in [-0.25, -0.2) is 0 Å². The second-order valence-corrected chi connectivity index (χ2v) is 10.5. The van der Waals surface area contributed by atoms with Crippen LogP contribution in [0.5, 0.6) is 11.5 Å². The standard InChI is InChI=1S/C34H47NO5/c1-5-9-27-10-12-29(13-11-27)30-16-19-34(31(22-30)23-35)40-26(3)28-14-17-32(18-15-28)39-25-33(36-4)24-38-21-8-7-20-37-6-2/h6,14-19,22-23,27,29,33,35H,2-3,5,7-13,20-21,24-25H2,1,4H3. The zero-order chi connectivity index (χ0) is 28.6. The van der Waals surface area contributed by atoms with Gasteiger partial charge in [0.25, 0.3) is 0 Å². The third kappa shape index (κ3) is 10.1. The van der Waals surface area contributed by atoms with E-state index >= 15 is 0 Å². The number of benzene rings is 2. The summed E-state index contributed by atoms with van der Waals surface area (Å²) in [5.41, 5.74) is 2.95. The summed E-state index contributed by atoms with van der Waals surface area (Å²) in [4.78, 5) is 0. The summed E-state index contributed by atoms with van der Waals surface area (Å²) in [6, 6.07) is 13.9. The summed E-state index contributed by atoms with van der Waals surface area (Å²) in [6.07, 6.45) is 12.2. The molecule has 3 rings (SSSR count). The molecule has 1 N–H and O–H groups in total. The lowest BCUT2D eigenvalue weighted by Gasteiger charge is -2.29. The number of nitrogens with one attached hydrogen (secondary N) is 1. The molecule has 0 radical (unpaired) electrons. The zero-order valence-corrected chi connectivity index (χ0v) is 24.4. The fourth-order valence-electron chi connectivity index (χ4n) is 5.21. The topological polar surface area (TPSA) is 70.0 Å². The molecule has 6 heteroatoms. The van der Waals surface area contributed by atoms with Crippen molar-refractivity contribution in [3.05, 3.63) is 78.6 Å². The van der Waals surface area contributed by atoms with Crippen molar-refractivity contribution in [1.82, 2.24) is 0 Å². The van der Waals surface area contributed by atoms with Crippen LogP contribution in [0.4, 0.5) is 0 Å². The number of methoxy groups -OCH3 is 1. The van der Waals surface area contributed by atoms with Gasteiger partial charge in [-0.3, -0.25) is 0 Å². The second kappa shape index (κ2) is 17.6. The Kier molecular flexibility index (Phi) is 13.8. The summed E-state index contributed by atoms with van der Waals surface area (Å²) in [6.45, 7) is 12.1. The third-order valence-electron chi connectivity index (χ3n) is 7.61. The molecule has 0 saturated heterocycles. The highest BCUT2D eigenvalue weighted by molar-refractivity contribution is 5.82. The van der Waals surface area contributed by atoms with Gasteiger partial charge in [-0.2, -0.15) is 0 Å². The van der Waals surface area contributed by atoms with Crippen molar-refractivity contribution in [3.63, 3.8) is 0 Å². The van der Waals surface area contributed by atoms with E-state index < -0.39 is 0 Å². The van der Waals surface area contributed by atoms with Crippen LogP contribution in [-0.2, 0) is 14.2 Å². The minimum Gasteiger partial charge on any atom is -0.502 e. The highest BCUT2D eigenvalue weighted by Crippen LogP contribution is 2.38. The van der Waals surface area contributed by atoms with E-state index in [4.69, 9.17) is 29.1 Å². The first-order valence-electron chi connectivity index (χ1n) is 14.6. The summed E-state index contributed by atoms with van der Waals surface area (Å²) >= 11 is 0. The maximum atomic E-state index is 7.96. The van der Waals surface area contributed by atoms with Gasteiger partial charge in [-0.05, 0) is 92.3 Å². The van der Waals surface area contributed by atoms with Gasteiger partial charge in [0.05, 0.1) is 19.5 Å². The molecule has 0 amide bonds. The van der Waals surface area contributed by atoms with Gasteiger partial charge in [-0.1, -0.05) is 39.0 Å². The van der Waals surface area contributed by atoms with E-state index in [0.29, 0.717) is 43.9 Å². The van der Waals surface area contributed by atoms with Gasteiger partial charge in [0.15, 0.2) is 0 Å². The smallest absolute Gasteiger partial charge is 0.136 e. The zero-order valence-electron chi connectivity index (χ0n) is 24.4. The lowest BCUT2D eigenvalue weighted by atomic mass is 9.77. The van der Waals surface area contributed by atoms with Crippen LogP contribution in [0.3, 0.4) is 0 Å². The fraction of sp³-hybridized carbons (Fsp3) is 0.500. The Morgan fingerprint density at radius 2 is 1.77 bits per heavy atom. The van der Waals surface area contributed by atoms with Crippen LogP contribution in [0.25, 0.3) is 5.76 Å². The lowest BCUT2D eigenvalue weighted by molar-refractivity contribution is -0.0156. The molecule has 0 spiro atoms. The number of hydrogen-bond acceptors (Lipinski definition) is 6. The molecule has 2 aromatic rings. The Morgan fingerprint density at radius 1 is 1.02 bits per heavy atom. The average Bonchev–Trinajstić information content (AvgIpc) is 2.99. The molecular weight excluding hydrogens is 502 g/mol. The SMILES string of the molecule is C=COCCCCOCC(COc1ccc(C(=C)Oc2ccc(C3CCC(CCC)CC3)cc2C=N)cc1)OC. The highest BCUT2D eigenvalue weighted by atomic mass is 16.6. The van der Waals surface area contributed by atoms with Crippen LogP contribution < -0.4 is 9.47 Å². The Hall–Kier alpha value is -3.09. The van der Waals surface area contributed by atoms with Gasteiger partial charge >= 0.3 is 0 Å². The van der Waals surface area contributed by atoms with E-state index in [2.05, 4.69) is 32.2 Å². The van der Waals surface area contributed by atoms with Crippen molar-refractivity contribution in [2.45, 2.75) is 70.3 Å². The Balaban J connectivity index is 1.46. The molecule has 1 atom stereocenters. The Bertz CT molecular complexity index is 1040. The minimum absolute atomic E-state index is 0.156. The van der Waals surface area contributed by atoms with Crippen molar-refractivity contribution in [2.75, 3.05) is 33.5 Å². The van der Waals surface area contributed by atoms with E-state index in [0.717, 1.165) is 35.6 Å². The normalized spacial score (nSPS) is 17.6. The average molecular weight is 550 g/mol. The van der Waals surface area contributed by atoms with Crippen LogP contribution in [-0.4, -0.2) is 45.9 Å². The number of hydrogen-bond donors (Lipinski definition) is 1. The highest BCUT2D eigenvalue weighted by Gasteiger charge is 2.22. The van der Waals surface area contributed by atoms with Crippen LogP contribution >= 0.6 is 0 Å². The van der Waals surface area contributed by atoms with Gasteiger partial charge in [0.2, 0.25) is 0 Å². The van der Waals surface area contributed by atoms with Crippen LogP contribution in [0.1, 0.15) is 80.9 Å². The molecule has 1 aliphatic carbocycles. The quantitative estimate of drug-likeness (QED) is 0.109. The van der Waals surface area contributed by atoms with E-state index in [-0.39, 0.29) is 6.10 Å². The summed E-state index contributed by atoms with van der Waals surface area (Å²) in [7, 11) is 1.66. The molecular formula is C34H47NO5. The Morgan fingerprint density at radius 3 is 2.45 bits per heavy atom. The molecule has 0 aliphatic heterocycles. The van der Waals surface area contributed by atoms with Crippen LogP contribution in [0.2, 0.25) is 0 Å². The van der Waals surface area contributed by atoms with Gasteiger partial charge in [0, 0.05) is 31.1 Å².